The van der Waals surface area contributed by atoms with Crippen molar-refractivity contribution < 1.29 is 0 Å². The van der Waals surface area contributed by atoms with Crippen molar-refractivity contribution in [1.29, 1.82) is 0 Å². The van der Waals surface area contributed by atoms with Crippen LogP contribution in [0.5, 0.6) is 0 Å². The number of fused-ring (bicyclic) bond motifs is 1. The highest BCUT2D eigenvalue weighted by atomic mass is 15.1. The molecule has 1 aliphatic carbocycles. The van der Waals surface area contributed by atoms with Gasteiger partial charge in [-0.2, -0.15) is 0 Å². The van der Waals surface area contributed by atoms with Crippen molar-refractivity contribution in [3.05, 3.63) is 0 Å². The predicted octanol–water partition coefficient (Wildman–Crippen LogP) is 1.74. The fourth-order valence-electron chi connectivity index (χ4n) is 2.59. The largest absolute Gasteiger partial charge is 0.303 e. The average molecular weight is 139 g/mol. The van der Waals surface area contributed by atoms with Gasteiger partial charge in [0.2, 0.25) is 0 Å². The van der Waals surface area contributed by atoms with Crippen LogP contribution in [0.3, 0.4) is 0 Å². The van der Waals surface area contributed by atoms with E-state index < -0.39 is 0 Å². The van der Waals surface area contributed by atoms with Crippen molar-refractivity contribution in [2.24, 2.45) is 11.8 Å². The summed E-state index contributed by atoms with van der Waals surface area (Å²) in [6.45, 7) is 6.36. The molecule has 0 radical (unpaired) electrons. The van der Waals surface area contributed by atoms with Crippen LogP contribution >= 0.6 is 0 Å². The van der Waals surface area contributed by atoms with E-state index in [4.69, 9.17) is 0 Å². The molecule has 0 aromatic rings. The molecule has 1 saturated heterocycles. The van der Waals surface area contributed by atoms with Crippen LogP contribution in [0.25, 0.3) is 0 Å². The van der Waals surface area contributed by atoms with Gasteiger partial charge in [-0.05, 0) is 31.2 Å². The van der Waals surface area contributed by atoms with E-state index in [1.807, 2.05) is 0 Å². The van der Waals surface area contributed by atoms with Crippen LogP contribution in [0.4, 0.5) is 0 Å². The third-order valence-corrected chi connectivity index (χ3v) is 3.25. The number of hydrogen-bond donors (Lipinski definition) is 0. The Bertz CT molecular complexity index is 110. The van der Waals surface area contributed by atoms with Gasteiger partial charge in [-0.15, -0.1) is 0 Å². The van der Waals surface area contributed by atoms with Crippen LogP contribution in [0.15, 0.2) is 0 Å². The van der Waals surface area contributed by atoms with E-state index in [1.165, 1.54) is 38.9 Å². The summed E-state index contributed by atoms with van der Waals surface area (Å²) in [7, 11) is 0. The summed E-state index contributed by atoms with van der Waals surface area (Å²) in [5.74, 6) is 2.17. The first kappa shape index (κ1) is 6.66. The molecule has 0 unspecified atom stereocenters. The maximum Gasteiger partial charge on any atom is 0.00128 e. The van der Waals surface area contributed by atoms with E-state index in [-0.39, 0.29) is 0 Å². The zero-order valence-corrected chi connectivity index (χ0v) is 6.84. The van der Waals surface area contributed by atoms with Crippen molar-refractivity contribution in [1.82, 2.24) is 4.90 Å². The molecule has 1 heteroatoms. The quantitative estimate of drug-likeness (QED) is 0.535. The Morgan fingerprint density at radius 2 is 1.80 bits per heavy atom. The number of nitrogens with zero attached hydrogens (tertiary/aromatic N) is 1. The fourth-order valence-corrected chi connectivity index (χ4v) is 2.59. The highest BCUT2D eigenvalue weighted by molar-refractivity contribution is 4.87. The smallest absolute Gasteiger partial charge is 0.00128 e. The summed E-state index contributed by atoms with van der Waals surface area (Å²) < 4.78 is 0. The first-order valence-electron chi connectivity index (χ1n) is 4.62. The molecule has 2 aliphatic rings. The molecule has 2 fully saturated rings. The second-order valence-corrected chi connectivity index (χ2v) is 3.80. The minimum Gasteiger partial charge on any atom is -0.303 e. The summed E-state index contributed by atoms with van der Waals surface area (Å²) in [6, 6.07) is 0. The topological polar surface area (TPSA) is 3.24 Å². The summed E-state index contributed by atoms with van der Waals surface area (Å²) in [4.78, 5) is 2.61. The first-order chi connectivity index (χ1) is 4.90. The molecule has 0 N–H and O–H groups in total. The van der Waals surface area contributed by atoms with Crippen LogP contribution in [0, 0.1) is 11.8 Å². The summed E-state index contributed by atoms with van der Waals surface area (Å²) in [5, 5.41) is 0. The first-order valence-corrected chi connectivity index (χ1v) is 4.62. The van der Waals surface area contributed by atoms with E-state index in [9.17, 15) is 0 Å². The van der Waals surface area contributed by atoms with Gasteiger partial charge in [-0.3, -0.25) is 0 Å². The Hall–Kier alpha value is -0.0400. The molecular weight excluding hydrogens is 122 g/mol. The molecule has 58 valence electrons. The highest BCUT2D eigenvalue weighted by Crippen LogP contribution is 2.37. The molecule has 2 rings (SSSR count). The van der Waals surface area contributed by atoms with Gasteiger partial charge in [0.25, 0.3) is 0 Å². The van der Waals surface area contributed by atoms with Gasteiger partial charge in [0.15, 0.2) is 0 Å². The molecule has 1 heterocycles. The van der Waals surface area contributed by atoms with E-state index in [0.717, 1.165) is 11.8 Å². The number of rotatable bonds is 1. The zero-order valence-electron chi connectivity index (χ0n) is 6.84. The van der Waals surface area contributed by atoms with Crippen molar-refractivity contribution in [3.63, 3.8) is 0 Å². The normalized spacial score (nSPS) is 40.5. The molecule has 0 bridgehead atoms. The summed E-state index contributed by atoms with van der Waals surface area (Å²) in [6.07, 6.45) is 4.54. The Morgan fingerprint density at radius 1 is 1.20 bits per heavy atom. The standard InChI is InChI=1S/C9H17N/c1-2-10-6-8-4-3-5-9(8)7-10/h8-9H,2-7H2,1H3/t8-,9+. The van der Waals surface area contributed by atoms with Gasteiger partial charge < -0.3 is 4.90 Å². The lowest BCUT2D eigenvalue weighted by Gasteiger charge is -2.12. The Balaban J connectivity index is 1.94. The van der Waals surface area contributed by atoms with Crippen LogP contribution in [0.2, 0.25) is 0 Å². The van der Waals surface area contributed by atoms with Gasteiger partial charge in [0.05, 0.1) is 0 Å². The van der Waals surface area contributed by atoms with Gasteiger partial charge in [0, 0.05) is 13.1 Å². The molecule has 0 aromatic carbocycles. The lowest BCUT2D eigenvalue weighted by molar-refractivity contribution is 0.328. The number of likely N-dealkylation sites (tertiary alicyclic amines) is 1. The average Bonchev–Trinajstić information content (AvgIpc) is 2.42. The summed E-state index contributed by atoms with van der Waals surface area (Å²) >= 11 is 0. The maximum atomic E-state index is 2.61. The Kier molecular flexibility index (Phi) is 1.69. The molecule has 1 nitrogen and oxygen atoms in total. The van der Waals surface area contributed by atoms with Crippen LogP contribution in [0.1, 0.15) is 26.2 Å². The molecule has 1 aliphatic heterocycles. The lowest BCUT2D eigenvalue weighted by atomic mass is 10.0. The zero-order chi connectivity index (χ0) is 6.97. The van der Waals surface area contributed by atoms with Crippen molar-refractivity contribution >= 4 is 0 Å². The van der Waals surface area contributed by atoms with Crippen LogP contribution < -0.4 is 0 Å². The van der Waals surface area contributed by atoms with Crippen molar-refractivity contribution in [3.8, 4) is 0 Å². The molecular formula is C9H17N. The minimum absolute atomic E-state index is 1.08. The molecule has 0 aromatic heterocycles. The maximum absolute atomic E-state index is 2.61. The van der Waals surface area contributed by atoms with E-state index >= 15 is 0 Å². The molecule has 0 amide bonds. The molecule has 0 spiro atoms. The Labute approximate surface area is 63.4 Å². The second kappa shape index (κ2) is 2.54. The molecule has 10 heavy (non-hydrogen) atoms. The van der Waals surface area contributed by atoms with Crippen molar-refractivity contribution in [2.45, 2.75) is 26.2 Å². The van der Waals surface area contributed by atoms with E-state index in [0.29, 0.717) is 0 Å². The highest BCUT2D eigenvalue weighted by Gasteiger charge is 2.34. The number of hydrogen-bond acceptors (Lipinski definition) is 1. The predicted molar refractivity (Wildman–Crippen MR) is 42.9 cm³/mol. The van der Waals surface area contributed by atoms with Gasteiger partial charge in [0.1, 0.15) is 0 Å². The third-order valence-electron chi connectivity index (χ3n) is 3.25. The van der Waals surface area contributed by atoms with E-state index in [1.54, 1.807) is 0 Å². The SMILES string of the molecule is CCN1C[C@H]2CCC[C@H]2C1. The summed E-state index contributed by atoms with van der Waals surface area (Å²) in [5.41, 5.74) is 0. The fraction of sp³-hybridized carbons (Fsp3) is 1.00. The van der Waals surface area contributed by atoms with Gasteiger partial charge in [-0.25, -0.2) is 0 Å². The van der Waals surface area contributed by atoms with Gasteiger partial charge in [-0.1, -0.05) is 13.3 Å². The molecule has 2 atom stereocenters. The Morgan fingerprint density at radius 3 is 2.30 bits per heavy atom. The second-order valence-electron chi connectivity index (χ2n) is 3.80. The van der Waals surface area contributed by atoms with Crippen LogP contribution in [-0.4, -0.2) is 24.5 Å². The molecule has 1 saturated carbocycles. The van der Waals surface area contributed by atoms with Crippen LogP contribution in [-0.2, 0) is 0 Å². The van der Waals surface area contributed by atoms with Crippen molar-refractivity contribution in [2.75, 3.05) is 19.6 Å². The van der Waals surface area contributed by atoms with E-state index in [2.05, 4.69) is 11.8 Å². The lowest BCUT2D eigenvalue weighted by Crippen LogP contribution is -2.20. The van der Waals surface area contributed by atoms with Gasteiger partial charge >= 0.3 is 0 Å². The third kappa shape index (κ3) is 0.968. The monoisotopic (exact) mass is 139 g/mol. The minimum atomic E-state index is 1.08.